The summed E-state index contributed by atoms with van der Waals surface area (Å²) in [4.78, 5) is 17.9. The quantitative estimate of drug-likeness (QED) is 0.216. The van der Waals surface area contributed by atoms with Gasteiger partial charge in [0.1, 0.15) is 29.1 Å². The van der Waals surface area contributed by atoms with Crippen LogP contribution in [-0.2, 0) is 0 Å². The summed E-state index contributed by atoms with van der Waals surface area (Å²) in [5, 5.41) is 13.2. The maximum absolute atomic E-state index is 11.2. The van der Waals surface area contributed by atoms with E-state index in [4.69, 9.17) is 21.4 Å². The molecule has 7 nitrogen and oxygen atoms in total. The summed E-state index contributed by atoms with van der Waals surface area (Å²) in [5.41, 5.74) is 2.71. The van der Waals surface area contributed by atoms with E-state index in [9.17, 15) is 9.90 Å². The summed E-state index contributed by atoms with van der Waals surface area (Å²) in [6.07, 6.45) is 1.76. The largest absolute Gasteiger partial charge is 0.478 e. The first-order valence-corrected chi connectivity index (χ1v) is 12.7. The third-order valence-corrected chi connectivity index (χ3v) is 6.84. The van der Waals surface area contributed by atoms with Gasteiger partial charge in [-0.1, -0.05) is 36.4 Å². The fourth-order valence-electron chi connectivity index (χ4n) is 4.67. The van der Waals surface area contributed by atoms with Crippen LogP contribution >= 0.6 is 12.2 Å². The van der Waals surface area contributed by atoms with Crippen LogP contribution in [0.4, 0.5) is 5.69 Å². The SMILES string of the molecule is O=C(O)c1ccc(-c2ccc([C@H]3[C@@H](c4ccccn4)NC(=S)N3c3ccc(Oc4ccccc4)cc3)o2)cc1. The Morgan fingerprint density at radius 1 is 0.872 bits per heavy atom. The summed E-state index contributed by atoms with van der Waals surface area (Å²) in [5.74, 6) is 1.83. The molecule has 2 N–H and O–H groups in total. The molecule has 0 radical (unpaired) electrons. The summed E-state index contributed by atoms with van der Waals surface area (Å²) in [6.45, 7) is 0. The molecule has 1 aliphatic heterocycles. The van der Waals surface area contributed by atoms with Crippen molar-refractivity contribution in [2.75, 3.05) is 4.90 Å². The van der Waals surface area contributed by atoms with Gasteiger partial charge < -0.3 is 24.5 Å². The second kappa shape index (κ2) is 10.4. The van der Waals surface area contributed by atoms with Crippen molar-refractivity contribution in [3.8, 4) is 22.8 Å². The van der Waals surface area contributed by atoms with Crippen molar-refractivity contribution < 1.29 is 19.1 Å². The molecule has 3 heterocycles. The molecule has 3 aromatic carbocycles. The molecule has 0 saturated carbocycles. The number of carboxylic acids is 1. The Hall–Kier alpha value is -4.95. The number of carbonyl (C=O) groups is 1. The van der Waals surface area contributed by atoms with Crippen LogP contribution in [0.3, 0.4) is 0 Å². The Bertz CT molecular complexity index is 1600. The summed E-state index contributed by atoms with van der Waals surface area (Å²) < 4.78 is 12.3. The normalized spacial score (nSPS) is 16.6. The molecule has 0 spiro atoms. The van der Waals surface area contributed by atoms with Crippen LogP contribution in [-0.4, -0.2) is 21.2 Å². The number of aromatic nitrogens is 1. The topological polar surface area (TPSA) is 87.8 Å². The van der Waals surface area contributed by atoms with E-state index in [1.54, 1.807) is 30.5 Å². The van der Waals surface area contributed by atoms with Gasteiger partial charge in [-0.2, -0.15) is 0 Å². The van der Waals surface area contributed by atoms with Crippen LogP contribution in [0, 0.1) is 0 Å². The van der Waals surface area contributed by atoms with Gasteiger partial charge in [0, 0.05) is 17.4 Å². The molecule has 6 rings (SSSR count). The van der Waals surface area contributed by atoms with E-state index in [-0.39, 0.29) is 17.6 Å². The van der Waals surface area contributed by atoms with Crippen LogP contribution in [0.5, 0.6) is 11.5 Å². The number of nitrogens with one attached hydrogen (secondary N) is 1. The molecule has 0 amide bonds. The lowest BCUT2D eigenvalue weighted by molar-refractivity contribution is 0.0697. The van der Waals surface area contributed by atoms with E-state index in [2.05, 4.69) is 10.3 Å². The predicted molar refractivity (Wildman–Crippen MR) is 152 cm³/mol. The van der Waals surface area contributed by atoms with E-state index in [0.717, 1.165) is 22.7 Å². The molecule has 1 saturated heterocycles. The lowest BCUT2D eigenvalue weighted by Gasteiger charge is -2.26. The number of aromatic carboxylic acids is 1. The number of hydrogen-bond acceptors (Lipinski definition) is 5. The molecule has 0 bridgehead atoms. The molecule has 39 heavy (non-hydrogen) atoms. The molecule has 0 aliphatic carbocycles. The number of nitrogens with zero attached hydrogens (tertiary/aromatic N) is 2. The Morgan fingerprint density at radius 3 is 2.28 bits per heavy atom. The monoisotopic (exact) mass is 533 g/mol. The minimum absolute atomic E-state index is 0.219. The number of para-hydroxylation sites is 1. The minimum atomic E-state index is -0.971. The van der Waals surface area contributed by atoms with E-state index in [0.29, 0.717) is 22.4 Å². The molecule has 0 unspecified atom stereocenters. The van der Waals surface area contributed by atoms with Gasteiger partial charge in [-0.3, -0.25) is 4.98 Å². The second-order valence-electron chi connectivity index (χ2n) is 8.99. The maximum atomic E-state index is 11.2. The number of hydrogen-bond donors (Lipinski definition) is 2. The van der Waals surface area contributed by atoms with Crippen molar-refractivity contribution in [3.05, 3.63) is 132 Å². The number of ether oxygens (including phenoxy) is 1. The van der Waals surface area contributed by atoms with Crippen molar-refractivity contribution >= 4 is 29.0 Å². The molecule has 8 heteroatoms. The van der Waals surface area contributed by atoms with Gasteiger partial charge in [-0.15, -0.1) is 0 Å². The molecule has 2 aromatic heterocycles. The highest BCUT2D eigenvalue weighted by Crippen LogP contribution is 2.43. The number of benzene rings is 3. The fraction of sp³-hybridized carbons (Fsp3) is 0.0645. The first kappa shape index (κ1) is 24.4. The van der Waals surface area contributed by atoms with Crippen LogP contribution < -0.4 is 15.0 Å². The predicted octanol–water partition coefficient (Wildman–Crippen LogP) is 7.01. The molecule has 1 aliphatic rings. The molecular weight excluding hydrogens is 510 g/mol. The second-order valence-corrected chi connectivity index (χ2v) is 9.38. The van der Waals surface area contributed by atoms with Gasteiger partial charge in [-0.25, -0.2) is 4.79 Å². The highest BCUT2D eigenvalue weighted by Gasteiger charge is 2.42. The summed E-state index contributed by atoms with van der Waals surface area (Å²) in [7, 11) is 0. The lowest BCUT2D eigenvalue weighted by Crippen LogP contribution is -2.29. The lowest BCUT2D eigenvalue weighted by atomic mass is 10.0. The Labute approximate surface area is 230 Å². The smallest absolute Gasteiger partial charge is 0.335 e. The first-order chi connectivity index (χ1) is 19.1. The van der Waals surface area contributed by atoms with Crippen molar-refractivity contribution in [1.82, 2.24) is 10.3 Å². The van der Waals surface area contributed by atoms with Gasteiger partial charge in [0.05, 0.1) is 17.3 Å². The van der Waals surface area contributed by atoms with Crippen molar-refractivity contribution in [2.24, 2.45) is 0 Å². The Kier molecular flexibility index (Phi) is 6.52. The number of pyridine rings is 1. The third kappa shape index (κ3) is 4.97. The first-order valence-electron chi connectivity index (χ1n) is 12.3. The molecular formula is C31H23N3O4S. The number of furan rings is 1. The molecule has 2 atom stereocenters. The Balaban J connectivity index is 1.34. The van der Waals surface area contributed by atoms with Crippen molar-refractivity contribution in [2.45, 2.75) is 12.1 Å². The highest BCUT2D eigenvalue weighted by molar-refractivity contribution is 7.80. The average Bonchev–Trinajstić information content (AvgIpc) is 3.59. The standard InChI is InChI=1S/C31H23N3O4S/c35-30(36)21-11-9-20(10-12-21)26-17-18-27(38-26)29-28(25-8-4-5-19-32-25)33-31(39)34(29)22-13-15-24(16-14-22)37-23-6-2-1-3-7-23/h1-19,28-29H,(H,33,39)(H,35,36)/t28-,29+/m1/s1. The zero-order chi connectivity index (χ0) is 26.8. The minimum Gasteiger partial charge on any atom is -0.478 e. The molecule has 5 aromatic rings. The fourth-order valence-corrected chi connectivity index (χ4v) is 5.01. The van der Waals surface area contributed by atoms with E-state index in [1.165, 1.54) is 0 Å². The third-order valence-electron chi connectivity index (χ3n) is 6.53. The van der Waals surface area contributed by atoms with Crippen molar-refractivity contribution in [1.29, 1.82) is 0 Å². The van der Waals surface area contributed by atoms with E-state index < -0.39 is 5.97 Å². The van der Waals surface area contributed by atoms with Crippen LogP contribution in [0.1, 0.15) is 33.9 Å². The summed E-state index contributed by atoms with van der Waals surface area (Å²) in [6, 6.07) is 33.0. The van der Waals surface area contributed by atoms with E-state index in [1.807, 2.05) is 89.8 Å². The maximum Gasteiger partial charge on any atom is 0.335 e. The van der Waals surface area contributed by atoms with Crippen LogP contribution in [0.25, 0.3) is 11.3 Å². The van der Waals surface area contributed by atoms with Gasteiger partial charge in [0.25, 0.3) is 0 Å². The number of carboxylic acid groups (broad SMARTS) is 1. The average molecular weight is 534 g/mol. The molecule has 192 valence electrons. The van der Waals surface area contributed by atoms with Gasteiger partial charge in [0.2, 0.25) is 0 Å². The number of anilines is 1. The highest BCUT2D eigenvalue weighted by atomic mass is 32.1. The van der Waals surface area contributed by atoms with Crippen LogP contribution in [0.15, 0.2) is 120 Å². The Morgan fingerprint density at radius 2 is 1.59 bits per heavy atom. The van der Waals surface area contributed by atoms with Gasteiger partial charge in [0.15, 0.2) is 5.11 Å². The zero-order valence-electron chi connectivity index (χ0n) is 20.6. The summed E-state index contributed by atoms with van der Waals surface area (Å²) >= 11 is 5.81. The zero-order valence-corrected chi connectivity index (χ0v) is 21.4. The number of rotatable bonds is 7. The van der Waals surface area contributed by atoms with Crippen molar-refractivity contribution in [3.63, 3.8) is 0 Å². The molecule has 1 fully saturated rings. The van der Waals surface area contributed by atoms with E-state index >= 15 is 0 Å². The van der Waals surface area contributed by atoms with Crippen LogP contribution in [0.2, 0.25) is 0 Å². The number of thiocarbonyl (C=S) groups is 1. The van der Waals surface area contributed by atoms with Gasteiger partial charge in [-0.05, 0) is 85.0 Å². The van der Waals surface area contributed by atoms with Gasteiger partial charge >= 0.3 is 5.97 Å².